The minimum atomic E-state index is -0.380. The number of hydrogen-bond acceptors (Lipinski definition) is 9. The van der Waals surface area contributed by atoms with Gasteiger partial charge >= 0.3 is 12.0 Å². The van der Waals surface area contributed by atoms with Crippen molar-refractivity contribution in [3.8, 4) is 5.75 Å². The molecule has 5 rings (SSSR count). The van der Waals surface area contributed by atoms with Crippen molar-refractivity contribution in [2.24, 2.45) is 21.2 Å². The normalized spacial score (nSPS) is 24.2. The number of carbonyl (C=O) groups excluding carboxylic acids is 1. The van der Waals surface area contributed by atoms with E-state index in [1.807, 2.05) is 68.5 Å². The zero-order valence-corrected chi connectivity index (χ0v) is 30.1. The number of benzene rings is 1. The number of rotatable bonds is 8. The molecule has 2 amide bonds. The monoisotopic (exact) mass is 687 g/mol. The number of nitrogens with two attached hydrogens (primary N) is 2. The van der Waals surface area contributed by atoms with Gasteiger partial charge in [0.05, 0.1) is 43.9 Å². The summed E-state index contributed by atoms with van der Waals surface area (Å²) in [6.45, 7) is 11.1. The Kier molecular flexibility index (Phi) is 11.7. The third-order valence-electron chi connectivity index (χ3n) is 9.87. The van der Waals surface area contributed by atoms with Crippen LogP contribution in [0, 0.1) is 10.8 Å². The number of aliphatic hydroxyl groups is 1. The average molecular weight is 688 g/mol. The fourth-order valence-electron chi connectivity index (χ4n) is 6.90. The summed E-state index contributed by atoms with van der Waals surface area (Å²) in [7, 11) is 0. The maximum absolute atomic E-state index is 13.5. The Morgan fingerprint density at radius 1 is 1.14 bits per heavy atom. The van der Waals surface area contributed by atoms with Crippen molar-refractivity contribution >= 4 is 29.9 Å². The van der Waals surface area contributed by atoms with Crippen molar-refractivity contribution in [2.45, 2.75) is 103 Å². The molecule has 0 bridgehead atoms. The number of amidine groups is 1. The Bertz CT molecular complexity index is 1610. The van der Waals surface area contributed by atoms with Gasteiger partial charge in [-0.3, -0.25) is 20.2 Å². The van der Waals surface area contributed by atoms with Crippen molar-refractivity contribution in [2.75, 3.05) is 25.4 Å². The van der Waals surface area contributed by atoms with Gasteiger partial charge in [-0.25, -0.2) is 4.79 Å². The van der Waals surface area contributed by atoms with E-state index < -0.39 is 0 Å². The lowest BCUT2D eigenvalue weighted by Crippen LogP contribution is -2.60. The minimum absolute atomic E-state index is 0.00118. The van der Waals surface area contributed by atoms with Gasteiger partial charge in [0.25, 0.3) is 0 Å². The van der Waals surface area contributed by atoms with Crippen LogP contribution in [0.2, 0.25) is 0 Å². The third kappa shape index (κ3) is 8.73. The van der Waals surface area contributed by atoms with Crippen LogP contribution in [0.15, 0.2) is 64.5 Å². The number of pyridine rings is 1. The van der Waals surface area contributed by atoms with E-state index >= 15 is 0 Å². The van der Waals surface area contributed by atoms with Crippen LogP contribution >= 0.6 is 0 Å². The van der Waals surface area contributed by atoms with E-state index in [1.54, 1.807) is 16.7 Å². The topological polar surface area (TPSA) is 182 Å². The van der Waals surface area contributed by atoms with Crippen molar-refractivity contribution < 1.29 is 19.2 Å². The fourth-order valence-corrected chi connectivity index (χ4v) is 6.90. The molecule has 1 fully saturated rings. The number of likely N-dealkylation sites (tertiary alicyclic amines) is 1. The maximum Gasteiger partial charge on any atom is 0.347 e. The molecule has 8 N–H and O–H groups in total. The van der Waals surface area contributed by atoms with E-state index in [9.17, 15) is 9.90 Å². The molecule has 1 aromatic carbocycles. The molecule has 0 saturated carbocycles. The molecule has 1 saturated heterocycles. The molecule has 13 heteroatoms. The van der Waals surface area contributed by atoms with Gasteiger partial charge in [-0.1, -0.05) is 45.0 Å². The van der Waals surface area contributed by atoms with E-state index in [-0.39, 0.29) is 48.3 Å². The van der Waals surface area contributed by atoms with Crippen molar-refractivity contribution in [3.63, 3.8) is 0 Å². The van der Waals surface area contributed by atoms with Gasteiger partial charge in [-0.15, -0.1) is 0 Å². The van der Waals surface area contributed by atoms with E-state index in [1.165, 1.54) is 0 Å². The number of aliphatic hydroxyl groups excluding tert-OH is 1. The minimum Gasteiger partial charge on any atom is -0.483 e. The molecule has 1 aromatic heterocycles. The summed E-state index contributed by atoms with van der Waals surface area (Å²) in [6, 6.07) is 11.5. The number of fused-ring (bicyclic) bond motifs is 1. The van der Waals surface area contributed by atoms with E-state index in [0.29, 0.717) is 61.4 Å². The Labute approximate surface area is 296 Å². The first-order chi connectivity index (χ1) is 23.8. The lowest BCUT2D eigenvalue weighted by atomic mass is 9.85. The fraction of sp³-hybridized carbons (Fsp3) is 0.541. The van der Waals surface area contributed by atoms with Crippen LogP contribution in [0.25, 0.3) is 0 Å². The van der Waals surface area contributed by atoms with Crippen LogP contribution in [-0.2, 0) is 0 Å². The molecule has 13 nitrogen and oxygen atoms in total. The zero-order chi connectivity index (χ0) is 36.0. The van der Waals surface area contributed by atoms with Gasteiger partial charge in [0, 0.05) is 29.8 Å². The molecule has 3 heterocycles. The van der Waals surface area contributed by atoms with Crippen molar-refractivity contribution in [1.82, 2.24) is 20.5 Å². The first-order valence-corrected chi connectivity index (χ1v) is 17.8. The third-order valence-corrected chi connectivity index (χ3v) is 9.87. The molecule has 1 aliphatic carbocycles. The number of amides is 2. The second-order valence-corrected chi connectivity index (χ2v) is 14.6. The number of piperidine rings is 1. The van der Waals surface area contributed by atoms with Gasteiger partial charge in [-0.05, 0) is 69.2 Å². The molecule has 5 atom stereocenters. The number of aliphatic imine (C=N–C) groups is 1. The smallest absolute Gasteiger partial charge is 0.347 e. The van der Waals surface area contributed by atoms with Gasteiger partial charge in [0.15, 0.2) is 5.82 Å². The van der Waals surface area contributed by atoms with Crippen LogP contribution in [-0.4, -0.2) is 76.9 Å². The van der Waals surface area contributed by atoms with E-state index in [0.717, 1.165) is 30.4 Å². The lowest BCUT2D eigenvalue weighted by molar-refractivity contribution is -0.552. The van der Waals surface area contributed by atoms with Gasteiger partial charge in [0.1, 0.15) is 23.9 Å². The predicted octanol–water partition coefficient (Wildman–Crippen LogP) is 4.20. The molecule has 2 aliphatic heterocycles. The zero-order valence-electron chi connectivity index (χ0n) is 30.1. The van der Waals surface area contributed by atoms with Gasteiger partial charge < -0.3 is 26.6 Å². The number of allylic oxidation sites excluding steroid dienone is 1. The Hall–Kier alpha value is -4.65. The number of nitrogens with one attached hydrogen (secondary N) is 3. The Balaban J connectivity index is 1.29. The van der Waals surface area contributed by atoms with Crippen LogP contribution in [0.4, 0.5) is 10.6 Å². The summed E-state index contributed by atoms with van der Waals surface area (Å²) >= 11 is 0. The summed E-state index contributed by atoms with van der Waals surface area (Å²) in [5, 5.41) is 30.7. The molecule has 50 heavy (non-hydrogen) atoms. The maximum atomic E-state index is 13.5. The predicted molar refractivity (Wildman–Crippen MR) is 197 cm³/mol. The van der Waals surface area contributed by atoms with Crippen molar-refractivity contribution in [3.05, 3.63) is 65.5 Å². The first-order valence-electron chi connectivity index (χ1n) is 17.8. The quantitative estimate of drug-likeness (QED) is 0.137. The lowest BCUT2D eigenvalue weighted by Gasteiger charge is -2.36. The summed E-state index contributed by atoms with van der Waals surface area (Å²) in [5.74, 6) is 1.83. The van der Waals surface area contributed by atoms with E-state index in [2.05, 4.69) is 34.5 Å². The van der Waals surface area contributed by atoms with Crippen LogP contribution in [0.1, 0.15) is 96.4 Å². The van der Waals surface area contributed by atoms with Gasteiger partial charge in [-0.2, -0.15) is 15.1 Å². The summed E-state index contributed by atoms with van der Waals surface area (Å²) < 4.78 is 8.29. The molecule has 270 valence electrons. The molecular weight excluding hydrogens is 632 g/mol. The second-order valence-electron chi connectivity index (χ2n) is 14.6. The van der Waals surface area contributed by atoms with Crippen molar-refractivity contribution in [1.29, 1.82) is 5.41 Å². The van der Waals surface area contributed by atoms with Gasteiger partial charge in [0.2, 0.25) is 0 Å². The number of hydrazone groups is 1. The number of hydrogen-bond donors (Lipinski definition) is 6. The SMILES string of the molecule is C[C@@H]1CCC[C@H](C)N1C(=N)[n+]1cc(OC2CCC(NC(=O)NC(C=C(N)C(C)(C)C)=NCC3CC=NN3CCO)c3ccccc32)ccc1N. The summed E-state index contributed by atoms with van der Waals surface area (Å²) in [6.07, 6.45) is 10.4. The highest BCUT2D eigenvalue weighted by Crippen LogP contribution is 2.38. The largest absolute Gasteiger partial charge is 0.483 e. The molecule has 3 unspecified atom stereocenters. The summed E-state index contributed by atoms with van der Waals surface area (Å²) in [4.78, 5) is 20.4. The second kappa shape index (κ2) is 15.9. The number of nitrogens with zero attached hydrogens (tertiary/aromatic N) is 5. The number of aromatic nitrogens is 1. The highest BCUT2D eigenvalue weighted by atomic mass is 16.5. The van der Waals surface area contributed by atoms with Crippen LogP contribution < -0.4 is 31.4 Å². The number of urea groups is 1. The molecule has 3 aliphatic rings. The van der Waals surface area contributed by atoms with E-state index in [4.69, 9.17) is 26.6 Å². The molecule has 2 aromatic rings. The number of anilines is 1. The highest BCUT2D eigenvalue weighted by molar-refractivity contribution is 6.04. The Morgan fingerprint density at radius 2 is 1.86 bits per heavy atom. The average Bonchev–Trinajstić information content (AvgIpc) is 3.52. The number of ether oxygens (including phenoxy) is 1. The molecular formula is C37H55N10O3+. The standard InChI is InChI=1S/C37H54N10O3/c1-24-9-8-10-25(2)47(24)35(40)45-23-27(13-16-33(45)39)50-31-15-14-30(28-11-6-7-12-29(28)31)43-36(49)44-34(21-32(38)37(3,4)5)41-22-26-17-18-42-46(26)19-20-48/h6-7,11-13,16,18,21,23-26,30-31,39-40,48H,8-10,14-15,17,19-20,22H2,1-5H3,(H4,38,41,43,44,49)/p+1/t24-,25+,26?,30?,31?. The molecule has 0 radical (unpaired) electrons. The first kappa shape index (κ1) is 36.6. The van der Waals surface area contributed by atoms with Crippen LogP contribution in [0.3, 0.4) is 0 Å². The number of nitrogen functional groups attached to an aromatic ring is 1. The highest BCUT2D eigenvalue weighted by Gasteiger charge is 2.34. The Morgan fingerprint density at radius 3 is 2.56 bits per heavy atom. The van der Waals surface area contributed by atoms with Crippen LogP contribution in [0.5, 0.6) is 5.75 Å². The number of β-amino-alcohol motifs (C(OH)–C–C–N with tert-alkyl or cyclic N) is 1. The number of carbonyl (C=O) groups is 1. The molecule has 0 spiro atoms. The summed E-state index contributed by atoms with van der Waals surface area (Å²) in [5.41, 5.74) is 15.0.